The summed E-state index contributed by atoms with van der Waals surface area (Å²) in [7, 11) is -2.31. The Morgan fingerprint density at radius 1 is 1.30 bits per heavy atom. The zero-order chi connectivity index (χ0) is 19.6. The molecule has 1 atom stereocenters. The molecule has 1 N–H and O–H groups in total. The number of hydrogen-bond acceptors (Lipinski definition) is 5. The van der Waals surface area contributed by atoms with E-state index in [1.165, 1.54) is 35.7 Å². The number of fused-ring (bicyclic) bond motifs is 1. The van der Waals surface area contributed by atoms with Crippen LogP contribution in [0.3, 0.4) is 0 Å². The summed E-state index contributed by atoms with van der Waals surface area (Å²) in [6.07, 6.45) is 0.279. The summed E-state index contributed by atoms with van der Waals surface area (Å²) in [4.78, 5) is 11.1. The normalized spacial score (nSPS) is 15.9. The number of nitrogens with zero attached hydrogens (tertiary/aromatic N) is 2. The first-order valence-corrected chi connectivity index (χ1v) is 9.73. The molecule has 0 fully saturated rings. The Morgan fingerprint density at radius 2 is 2.00 bits per heavy atom. The third-order valence-electron chi connectivity index (χ3n) is 4.61. The molecule has 1 aliphatic heterocycles. The molecular formula is C19H18N2O5S. The van der Waals surface area contributed by atoms with Crippen LogP contribution >= 0.6 is 0 Å². The average Bonchev–Trinajstić information content (AvgIpc) is 3.05. The van der Waals surface area contributed by atoms with Gasteiger partial charge in [0.05, 0.1) is 29.3 Å². The summed E-state index contributed by atoms with van der Waals surface area (Å²) in [5.74, 6) is -0.570. The molecule has 0 saturated carbocycles. The molecule has 7 nitrogen and oxygen atoms in total. The zero-order valence-corrected chi connectivity index (χ0v) is 15.4. The summed E-state index contributed by atoms with van der Waals surface area (Å²) >= 11 is 0. The second-order valence-electron chi connectivity index (χ2n) is 6.23. The molecule has 1 unspecified atom stereocenters. The van der Waals surface area contributed by atoms with E-state index in [0.717, 1.165) is 5.56 Å². The summed E-state index contributed by atoms with van der Waals surface area (Å²) in [5.41, 5.74) is 1.66. The van der Waals surface area contributed by atoms with Gasteiger partial charge < -0.3 is 9.84 Å². The molecule has 2 aromatic rings. The van der Waals surface area contributed by atoms with E-state index in [9.17, 15) is 13.2 Å². The fourth-order valence-electron chi connectivity index (χ4n) is 3.21. The van der Waals surface area contributed by atoms with Crippen LogP contribution in [-0.2, 0) is 14.8 Å². The number of carboxylic acid groups (broad SMARTS) is 1. The molecule has 3 rings (SSSR count). The monoisotopic (exact) mass is 386 g/mol. The molecule has 0 spiro atoms. The van der Waals surface area contributed by atoms with E-state index in [1.54, 1.807) is 18.2 Å². The molecule has 0 radical (unpaired) electrons. The minimum Gasteiger partial charge on any atom is -0.497 e. The lowest BCUT2D eigenvalue weighted by Crippen LogP contribution is -2.30. The highest BCUT2D eigenvalue weighted by atomic mass is 32.2. The Morgan fingerprint density at radius 3 is 2.59 bits per heavy atom. The minimum absolute atomic E-state index is 0.0495. The standard InChI is InChI=1S/C19H18N2O5S/c1-26-15-5-8-18-17(10-15)14(4-9-19(22)23)12-21(18)27(24,25)16-6-2-13(11-20)3-7-16/h2-3,5-8,10,14H,4,9,12H2,1H3,(H,22,23). The molecular weight excluding hydrogens is 368 g/mol. The second-order valence-corrected chi connectivity index (χ2v) is 8.09. The van der Waals surface area contributed by atoms with Gasteiger partial charge in [-0.25, -0.2) is 8.42 Å². The SMILES string of the molecule is COc1ccc2c(c1)C(CCC(=O)O)CN2S(=O)(=O)c1ccc(C#N)cc1. The smallest absolute Gasteiger partial charge is 0.303 e. The summed E-state index contributed by atoms with van der Waals surface area (Å²) in [5, 5.41) is 17.9. The van der Waals surface area contributed by atoms with E-state index in [-0.39, 0.29) is 23.8 Å². The lowest BCUT2D eigenvalue weighted by molar-refractivity contribution is -0.137. The van der Waals surface area contributed by atoms with E-state index in [1.807, 2.05) is 6.07 Å². The van der Waals surface area contributed by atoms with Crippen LogP contribution in [0.2, 0.25) is 0 Å². The van der Waals surface area contributed by atoms with Crippen molar-refractivity contribution in [3.05, 3.63) is 53.6 Å². The molecule has 0 saturated heterocycles. The third kappa shape index (κ3) is 3.59. The lowest BCUT2D eigenvalue weighted by atomic mass is 9.96. The fraction of sp³-hybridized carbons (Fsp3) is 0.263. The maximum Gasteiger partial charge on any atom is 0.303 e. The first-order valence-electron chi connectivity index (χ1n) is 8.29. The van der Waals surface area contributed by atoms with Crippen LogP contribution in [0.25, 0.3) is 0 Å². The van der Waals surface area contributed by atoms with Crippen molar-refractivity contribution < 1.29 is 23.1 Å². The van der Waals surface area contributed by atoms with E-state index in [2.05, 4.69) is 0 Å². The molecule has 0 aliphatic carbocycles. The van der Waals surface area contributed by atoms with Gasteiger partial charge >= 0.3 is 5.97 Å². The maximum atomic E-state index is 13.1. The molecule has 27 heavy (non-hydrogen) atoms. The molecule has 1 heterocycles. The van der Waals surface area contributed by atoms with Gasteiger partial charge in [-0.2, -0.15) is 5.26 Å². The topological polar surface area (TPSA) is 108 Å². The number of aliphatic carboxylic acids is 1. The molecule has 1 aliphatic rings. The molecule has 0 aromatic heterocycles. The highest BCUT2D eigenvalue weighted by Crippen LogP contribution is 2.43. The van der Waals surface area contributed by atoms with Crippen molar-refractivity contribution in [2.45, 2.75) is 23.7 Å². The minimum atomic E-state index is -3.83. The van der Waals surface area contributed by atoms with Gasteiger partial charge in [0.15, 0.2) is 0 Å². The Kier molecular flexibility index (Phi) is 5.06. The second kappa shape index (κ2) is 7.29. The highest BCUT2D eigenvalue weighted by Gasteiger charge is 2.37. The van der Waals surface area contributed by atoms with Crippen LogP contribution in [0.1, 0.15) is 29.9 Å². The number of methoxy groups -OCH3 is 1. The van der Waals surface area contributed by atoms with E-state index in [4.69, 9.17) is 15.1 Å². The van der Waals surface area contributed by atoms with Gasteiger partial charge in [-0.3, -0.25) is 9.10 Å². The summed E-state index contributed by atoms with van der Waals surface area (Å²) in [6.45, 7) is 0.165. The third-order valence-corrected chi connectivity index (χ3v) is 6.40. The lowest BCUT2D eigenvalue weighted by Gasteiger charge is -2.20. The van der Waals surface area contributed by atoms with Gasteiger partial charge in [-0.1, -0.05) is 0 Å². The van der Waals surface area contributed by atoms with Crippen LogP contribution < -0.4 is 9.04 Å². The molecule has 2 aromatic carbocycles. The van der Waals surface area contributed by atoms with Gasteiger partial charge in [0.2, 0.25) is 0 Å². The molecule has 0 bridgehead atoms. The quantitative estimate of drug-likeness (QED) is 0.818. The summed E-state index contributed by atoms with van der Waals surface area (Å²) < 4.78 is 32.8. The van der Waals surface area contributed by atoms with Crippen LogP contribution in [0.15, 0.2) is 47.4 Å². The predicted molar refractivity (Wildman–Crippen MR) is 98.3 cm³/mol. The van der Waals surface area contributed by atoms with Gasteiger partial charge in [-0.05, 0) is 54.4 Å². The van der Waals surface area contributed by atoms with E-state index < -0.39 is 16.0 Å². The summed E-state index contributed by atoms with van der Waals surface area (Å²) in [6, 6.07) is 12.8. The molecule has 0 amide bonds. The Balaban J connectivity index is 2.00. The number of benzene rings is 2. The van der Waals surface area contributed by atoms with Crippen LogP contribution in [0.5, 0.6) is 5.75 Å². The zero-order valence-electron chi connectivity index (χ0n) is 14.6. The molecule has 8 heteroatoms. The predicted octanol–water partition coefficient (Wildman–Crippen LogP) is 2.72. The number of ether oxygens (including phenoxy) is 1. The first kappa shape index (κ1) is 18.7. The van der Waals surface area contributed by atoms with Crippen molar-refractivity contribution in [2.24, 2.45) is 0 Å². The van der Waals surface area contributed by atoms with E-state index in [0.29, 0.717) is 23.4 Å². The van der Waals surface area contributed by atoms with Crippen molar-refractivity contribution >= 4 is 21.7 Å². The van der Waals surface area contributed by atoms with Crippen LogP contribution in [0, 0.1) is 11.3 Å². The van der Waals surface area contributed by atoms with Crippen LogP contribution in [-0.4, -0.2) is 33.1 Å². The van der Waals surface area contributed by atoms with Crippen molar-refractivity contribution in [1.29, 1.82) is 5.26 Å². The number of nitriles is 1. The van der Waals surface area contributed by atoms with Crippen molar-refractivity contribution in [2.75, 3.05) is 18.0 Å². The maximum absolute atomic E-state index is 13.1. The first-order chi connectivity index (χ1) is 12.9. The Hall–Kier alpha value is -3.05. The van der Waals surface area contributed by atoms with Crippen molar-refractivity contribution in [3.8, 4) is 11.8 Å². The van der Waals surface area contributed by atoms with Gasteiger partial charge in [0, 0.05) is 18.9 Å². The van der Waals surface area contributed by atoms with Gasteiger partial charge in [-0.15, -0.1) is 0 Å². The van der Waals surface area contributed by atoms with Crippen molar-refractivity contribution in [3.63, 3.8) is 0 Å². The molecule has 140 valence electrons. The number of rotatable bonds is 6. The number of hydrogen-bond donors (Lipinski definition) is 1. The average molecular weight is 386 g/mol. The fourth-order valence-corrected chi connectivity index (χ4v) is 4.75. The van der Waals surface area contributed by atoms with Crippen molar-refractivity contribution in [1.82, 2.24) is 0 Å². The largest absolute Gasteiger partial charge is 0.497 e. The van der Waals surface area contributed by atoms with E-state index >= 15 is 0 Å². The number of anilines is 1. The Labute approximate surface area is 157 Å². The number of carboxylic acids is 1. The number of sulfonamides is 1. The van der Waals surface area contributed by atoms with Gasteiger partial charge in [0.25, 0.3) is 10.0 Å². The van der Waals surface area contributed by atoms with Gasteiger partial charge in [0.1, 0.15) is 5.75 Å². The number of carbonyl (C=O) groups is 1. The Bertz CT molecular complexity index is 1010. The highest BCUT2D eigenvalue weighted by molar-refractivity contribution is 7.92. The van der Waals surface area contributed by atoms with Crippen LogP contribution in [0.4, 0.5) is 5.69 Å².